The van der Waals surface area contributed by atoms with Crippen LogP contribution < -0.4 is 20.1 Å². The highest BCUT2D eigenvalue weighted by atomic mass is 32.1. The second-order valence-electron chi connectivity index (χ2n) is 10.8. The summed E-state index contributed by atoms with van der Waals surface area (Å²) in [6, 6.07) is 11.8. The van der Waals surface area contributed by atoms with E-state index in [1.165, 1.54) is 23.5 Å². The number of carbonyl (C=O) groups is 1. The van der Waals surface area contributed by atoms with Gasteiger partial charge < -0.3 is 34.8 Å². The zero-order chi connectivity index (χ0) is 32.5. The fraction of sp³-hybridized carbons (Fsp3) is 0.387. The summed E-state index contributed by atoms with van der Waals surface area (Å²) in [6.07, 6.45) is 7.84. The SMILES string of the molecule is COc1cc2c(Nc3ncc(CC(=O)Nc4ccccc4F)s3)ccnc2cc1OCCCN1CCCCC1CCOP(=O)(O)O. The minimum absolute atomic E-state index is 0.0258. The van der Waals surface area contributed by atoms with E-state index in [4.69, 9.17) is 19.3 Å². The van der Waals surface area contributed by atoms with Gasteiger partial charge in [-0.1, -0.05) is 18.6 Å². The predicted molar refractivity (Wildman–Crippen MR) is 174 cm³/mol. The molecular weight excluding hydrogens is 636 g/mol. The molecule has 0 radical (unpaired) electrons. The third kappa shape index (κ3) is 9.44. The lowest BCUT2D eigenvalue weighted by atomic mass is 9.99. The van der Waals surface area contributed by atoms with Gasteiger partial charge in [0.1, 0.15) is 5.82 Å². The Kier molecular flexibility index (Phi) is 11.6. The molecule has 0 saturated carbocycles. The van der Waals surface area contributed by atoms with E-state index in [2.05, 4.69) is 30.0 Å². The Bertz CT molecular complexity index is 1690. The fourth-order valence-corrected chi connectivity index (χ4v) is 6.62. The number of likely N-dealkylation sites (tertiary alicyclic amines) is 1. The molecule has 2 aromatic heterocycles. The van der Waals surface area contributed by atoms with E-state index in [-0.39, 0.29) is 30.7 Å². The number of benzene rings is 2. The van der Waals surface area contributed by atoms with Gasteiger partial charge in [0.15, 0.2) is 16.6 Å². The Morgan fingerprint density at radius 3 is 2.78 bits per heavy atom. The number of hydrogen-bond acceptors (Lipinski definition) is 10. The van der Waals surface area contributed by atoms with Gasteiger partial charge in [-0.15, -0.1) is 11.3 Å². The summed E-state index contributed by atoms with van der Waals surface area (Å²) in [5, 5.41) is 7.28. The molecule has 246 valence electrons. The molecule has 4 aromatic rings. The monoisotopic (exact) mass is 673 g/mol. The molecule has 2 aromatic carbocycles. The van der Waals surface area contributed by atoms with Crippen molar-refractivity contribution in [2.45, 2.75) is 44.6 Å². The van der Waals surface area contributed by atoms with E-state index in [1.54, 1.807) is 31.6 Å². The van der Waals surface area contributed by atoms with Crippen molar-refractivity contribution in [3.8, 4) is 11.5 Å². The molecule has 1 amide bonds. The summed E-state index contributed by atoms with van der Waals surface area (Å²) in [7, 11) is -2.88. The number of piperidine rings is 1. The number of carbonyl (C=O) groups excluding carboxylic acids is 1. The van der Waals surface area contributed by atoms with Crippen molar-refractivity contribution < 1.29 is 37.5 Å². The van der Waals surface area contributed by atoms with Gasteiger partial charge in [-0.2, -0.15) is 0 Å². The third-order valence-corrected chi connectivity index (χ3v) is 9.04. The van der Waals surface area contributed by atoms with Crippen LogP contribution in [0.25, 0.3) is 10.9 Å². The average Bonchev–Trinajstić information content (AvgIpc) is 3.46. The fourth-order valence-electron chi connectivity index (χ4n) is 5.45. The predicted octanol–water partition coefficient (Wildman–Crippen LogP) is 5.89. The van der Waals surface area contributed by atoms with Crippen LogP contribution >= 0.6 is 19.2 Å². The highest BCUT2D eigenvalue weighted by molar-refractivity contribution is 7.46. The number of aromatic nitrogens is 2. The van der Waals surface area contributed by atoms with Gasteiger partial charge in [0.05, 0.1) is 43.6 Å². The third-order valence-electron chi connectivity index (χ3n) is 7.61. The van der Waals surface area contributed by atoms with E-state index in [9.17, 15) is 13.8 Å². The number of pyridine rings is 1. The maximum atomic E-state index is 13.9. The number of anilines is 3. The normalized spacial score (nSPS) is 15.5. The molecular formula is C31H37FN5O7PS. The van der Waals surface area contributed by atoms with E-state index in [0.29, 0.717) is 40.1 Å². The number of nitrogens with one attached hydrogen (secondary N) is 2. The first-order valence-corrected chi connectivity index (χ1v) is 17.3. The maximum Gasteiger partial charge on any atom is 0.469 e. The quantitative estimate of drug-likeness (QED) is 0.0882. The molecule has 1 atom stereocenters. The summed E-state index contributed by atoms with van der Waals surface area (Å²) >= 11 is 1.32. The van der Waals surface area contributed by atoms with Crippen molar-refractivity contribution in [3.63, 3.8) is 0 Å². The van der Waals surface area contributed by atoms with E-state index in [1.807, 2.05) is 18.2 Å². The second kappa shape index (κ2) is 15.8. The first-order chi connectivity index (χ1) is 22.2. The molecule has 12 nitrogen and oxygen atoms in total. The highest BCUT2D eigenvalue weighted by Gasteiger charge is 2.23. The number of thiazole rings is 1. The van der Waals surface area contributed by atoms with Crippen LogP contribution in [0.5, 0.6) is 11.5 Å². The molecule has 3 heterocycles. The van der Waals surface area contributed by atoms with Crippen molar-refractivity contribution in [2.75, 3.05) is 44.0 Å². The van der Waals surface area contributed by atoms with Gasteiger partial charge >= 0.3 is 7.82 Å². The van der Waals surface area contributed by atoms with Crippen LogP contribution in [0.3, 0.4) is 0 Å². The number of hydrogen-bond donors (Lipinski definition) is 4. The Labute approximate surface area is 270 Å². The van der Waals surface area contributed by atoms with E-state index >= 15 is 0 Å². The molecule has 0 spiro atoms. The molecule has 4 N–H and O–H groups in total. The van der Waals surface area contributed by atoms with Gasteiger partial charge in [-0.05, 0) is 56.5 Å². The van der Waals surface area contributed by atoms with Crippen LogP contribution in [0.15, 0.2) is 54.9 Å². The molecule has 1 aliphatic heterocycles. The van der Waals surface area contributed by atoms with Crippen LogP contribution in [0, 0.1) is 5.82 Å². The zero-order valence-electron chi connectivity index (χ0n) is 25.4. The molecule has 0 bridgehead atoms. The number of phosphoric acid groups is 1. The number of rotatable bonds is 15. The second-order valence-corrected chi connectivity index (χ2v) is 13.2. The number of nitrogens with zero attached hydrogens (tertiary/aromatic N) is 3. The largest absolute Gasteiger partial charge is 0.493 e. The number of fused-ring (bicyclic) bond motifs is 1. The van der Waals surface area contributed by atoms with Crippen molar-refractivity contribution in [1.82, 2.24) is 14.9 Å². The van der Waals surface area contributed by atoms with Crippen molar-refractivity contribution in [3.05, 3.63) is 65.6 Å². The summed E-state index contributed by atoms with van der Waals surface area (Å²) in [5.74, 6) is 0.296. The first kappa shape index (κ1) is 33.7. The lowest BCUT2D eigenvalue weighted by molar-refractivity contribution is -0.115. The lowest BCUT2D eigenvalue weighted by Crippen LogP contribution is -2.41. The smallest absolute Gasteiger partial charge is 0.469 e. The number of para-hydroxylation sites is 1. The Balaban J connectivity index is 1.17. The van der Waals surface area contributed by atoms with E-state index in [0.717, 1.165) is 49.8 Å². The maximum absolute atomic E-state index is 13.9. The molecule has 0 aliphatic carbocycles. The van der Waals surface area contributed by atoms with Crippen LogP contribution in [-0.4, -0.2) is 70.0 Å². The zero-order valence-corrected chi connectivity index (χ0v) is 27.1. The van der Waals surface area contributed by atoms with Gasteiger partial charge in [0, 0.05) is 41.3 Å². The Hall–Kier alpha value is -3.65. The summed E-state index contributed by atoms with van der Waals surface area (Å²) in [5.41, 5.74) is 1.59. The number of methoxy groups -OCH3 is 1. The molecule has 46 heavy (non-hydrogen) atoms. The molecule has 15 heteroatoms. The van der Waals surface area contributed by atoms with Crippen LogP contribution in [0.4, 0.5) is 20.9 Å². The van der Waals surface area contributed by atoms with Gasteiger partial charge in [0.2, 0.25) is 5.91 Å². The van der Waals surface area contributed by atoms with Gasteiger partial charge in [-0.3, -0.25) is 14.3 Å². The Morgan fingerprint density at radius 2 is 1.98 bits per heavy atom. The first-order valence-electron chi connectivity index (χ1n) is 15.0. The van der Waals surface area contributed by atoms with Crippen molar-refractivity contribution >= 4 is 52.5 Å². The number of ether oxygens (including phenoxy) is 2. The molecule has 1 aliphatic rings. The lowest BCUT2D eigenvalue weighted by Gasteiger charge is -2.35. The van der Waals surface area contributed by atoms with Crippen LogP contribution in [0.2, 0.25) is 0 Å². The van der Waals surface area contributed by atoms with Crippen molar-refractivity contribution in [1.29, 1.82) is 0 Å². The minimum atomic E-state index is -4.46. The standard InChI is InChI=1S/C31H37FN5O7PS/c1-42-28-18-23-25(36-31-34-20-22(46-31)17-30(38)35-26-9-3-2-8-24(26)32)10-12-33-27(23)19-29(28)43-15-6-14-37-13-5-4-7-21(37)11-16-44-45(39,40)41/h2-3,8-10,12,18-21H,4-7,11,13-17H2,1H3,(H,35,38)(H,33,34,36)(H2,39,40,41). The van der Waals surface area contributed by atoms with Crippen LogP contribution in [0.1, 0.15) is 37.0 Å². The molecule has 1 unspecified atom stereocenters. The van der Waals surface area contributed by atoms with Gasteiger partial charge in [0.25, 0.3) is 0 Å². The van der Waals surface area contributed by atoms with Gasteiger partial charge in [-0.25, -0.2) is 13.9 Å². The molecule has 1 saturated heterocycles. The number of halogens is 1. The average molecular weight is 674 g/mol. The summed E-state index contributed by atoms with van der Waals surface area (Å²) < 4.78 is 41.3. The minimum Gasteiger partial charge on any atom is -0.493 e. The highest BCUT2D eigenvalue weighted by Crippen LogP contribution is 2.37. The summed E-state index contributed by atoms with van der Waals surface area (Å²) in [4.78, 5) is 42.4. The molecule has 1 fully saturated rings. The van der Waals surface area contributed by atoms with E-state index < -0.39 is 13.6 Å². The number of amides is 1. The topological polar surface area (TPSA) is 155 Å². The Morgan fingerprint density at radius 1 is 1.13 bits per heavy atom. The molecule has 5 rings (SSSR count). The van der Waals surface area contributed by atoms with Crippen molar-refractivity contribution in [2.24, 2.45) is 0 Å². The number of phosphoric ester groups is 1. The van der Waals surface area contributed by atoms with Crippen LogP contribution in [-0.2, 0) is 20.3 Å². The summed E-state index contributed by atoms with van der Waals surface area (Å²) in [6.45, 7) is 2.21.